The normalized spacial score (nSPS) is 11.8. The minimum absolute atomic E-state index is 0.127. The molecule has 1 atom stereocenters. The zero-order valence-corrected chi connectivity index (χ0v) is 13.4. The fourth-order valence-electron chi connectivity index (χ4n) is 2.17. The van der Waals surface area contributed by atoms with Crippen molar-refractivity contribution in [3.63, 3.8) is 0 Å². The van der Waals surface area contributed by atoms with Crippen LogP contribution < -0.4 is 5.32 Å². The van der Waals surface area contributed by atoms with Crippen LogP contribution in [0.15, 0.2) is 36.5 Å². The van der Waals surface area contributed by atoms with E-state index in [0.29, 0.717) is 11.4 Å². The predicted molar refractivity (Wildman–Crippen MR) is 87.1 cm³/mol. The zero-order chi connectivity index (χ0) is 17.0. The Morgan fingerprint density at radius 2 is 2.00 bits per heavy atom. The molecule has 2 N–H and O–H groups in total. The average Bonchev–Trinajstić information content (AvgIpc) is 2.88. The third-order valence-electron chi connectivity index (χ3n) is 3.43. The summed E-state index contributed by atoms with van der Waals surface area (Å²) in [5.74, 6) is -1.57. The van der Waals surface area contributed by atoms with Crippen LogP contribution in [0.5, 0.6) is 0 Å². The molecule has 2 rings (SSSR count). The molecule has 0 saturated heterocycles. The Hall–Kier alpha value is -2.83. The smallest absolute Gasteiger partial charge is 0.321 e. The van der Waals surface area contributed by atoms with Crippen molar-refractivity contribution < 1.29 is 14.7 Å². The molecule has 1 heterocycles. The minimum Gasteiger partial charge on any atom is -0.481 e. The number of amides is 2. The van der Waals surface area contributed by atoms with Gasteiger partial charge in [-0.15, -0.1) is 0 Å². The van der Waals surface area contributed by atoms with Crippen molar-refractivity contribution in [1.82, 2.24) is 14.7 Å². The largest absolute Gasteiger partial charge is 0.481 e. The van der Waals surface area contributed by atoms with Gasteiger partial charge in [0.2, 0.25) is 0 Å². The third-order valence-corrected chi connectivity index (χ3v) is 3.43. The van der Waals surface area contributed by atoms with Gasteiger partial charge in [-0.1, -0.05) is 37.3 Å². The molecule has 2 aromatic rings. The van der Waals surface area contributed by atoms with Crippen molar-refractivity contribution in [2.45, 2.75) is 6.92 Å². The number of carboxylic acids is 1. The highest BCUT2D eigenvalue weighted by molar-refractivity contribution is 5.93. The van der Waals surface area contributed by atoms with Gasteiger partial charge in [0.15, 0.2) is 0 Å². The number of hydrogen-bond donors (Lipinski definition) is 2. The van der Waals surface area contributed by atoms with E-state index in [-0.39, 0.29) is 12.6 Å². The number of carboxylic acid groups (broad SMARTS) is 1. The fraction of sp³-hybridized carbons (Fsp3) is 0.312. The van der Waals surface area contributed by atoms with Crippen LogP contribution in [0.25, 0.3) is 11.3 Å². The van der Waals surface area contributed by atoms with Gasteiger partial charge in [-0.25, -0.2) is 4.79 Å². The molecular formula is C16H20N4O3. The molecule has 1 aromatic heterocycles. The summed E-state index contributed by atoms with van der Waals surface area (Å²) in [5, 5.41) is 16.1. The zero-order valence-electron chi connectivity index (χ0n) is 13.4. The van der Waals surface area contributed by atoms with E-state index in [1.54, 1.807) is 31.9 Å². The van der Waals surface area contributed by atoms with E-state index in [4.69, 9.17) is 5.11 Å². The first-order valence-electron chi connectivity index (χ1n) is 7.22. The summed E-state index contributed by atoms with van der Waals surface area (Å²) in [5.41, 5.74) is 2.14. The van der Waals surface area contributed by atoms with Gasteiger partial charge < -0.3 is 15.3 Å². The highest BCUT2D eigenvalue weighted by Gasteiger charge is 2.19. The number of anilines is 1. The Labute approximate surface area is 134 Å². The standard InChI is InChI=1S/C16H20N4O3/c1-11(15(21)22)9-19(2)16(23)17-13-10-20(3)18-14(13)12-7-5-4-6-8-12/h4-8,10-11H,9H2,1-3H3,(H,17,23)(H,21,22). The second-order valence-electron chi connectivity index (χ2n) is 5.48. The lowest BCUT2D eigenvalue weighted by atomic mass is 10.1. The quantitative estimate of drug-likeness (QED) is 0.886. The number of rotatable bonds is 5. The Morgan fingerprint density at radius 3 is 2.61 bits per heavy atom. The van der Waals surface area contributed by atoms with Crippen LogP contribution in [0.1, 0.15) is 6.92 Å². The number of aryl methyl sites for hydroxylation is 1. The summed E-state index contributed by atoms with van der Waals surface area (Å²) in [6.45, 7) is 1.69. The number of hydrogen-bond acceptors (Lipinski definition) is 3. The maximum atomic E-state index is 12.2. The van der Waals surface area contributed by atoms with E-state index in [1.165, 1.54) is 4.90 Å². The number of aliphatic carboxylic acids is 1. The summed E-state index contributed by atoms with van der Waals surface area (Å²) in [7, 11) is 3.34. The van der Waals surface area contributed by atoms with Crippen LogP contribution in [0, 0.1) is 5.92 Å². The van der Waals surface area contributed by atoms with Crippen molar-refractivity contribution in [2.75, 3.05) is 18.9 Å². The van der Waals surface area contributed by atoms with Crippen molar-refractivity contribution in [3.8, 4) is 11.3 Å². The number of carbonyl (C=O) groups excluding carboxylic acids is 1. The molecule has 122 valence electrons. The van der Waals surface area contributed by atoms with Crippen LogP contribution >= 0.6 is 0 Å². The highest BCUT2D eigenvalue weighted by atomic mass is 16.4. The van der Waals surface area contributed by atoms with Crippen molar-refractivity contribution >= 4 is 17.7 Å². The first-order chi connectivity index (χ1) is 10.9. The van der Waals surface area contributed by atoms with E-state index in [0.717, 1.165) is 5.56 Å². The fourth-order valence-corrected chi connectivity index (χ4v) is 2.17. The monoisotopic (exact) mass is 316 g/mol. The summed E-state index contributed by atoms with van der Waals surface area (Å²) in [4.78, 5) is 24.5. The van der Waals surface area contributed by atoms with Gasteiger partial charge >= 0.3 is 12.0 Å². The maximum Gasteiger partial charge on any atom is 0.321 e. The van der Waals surface area contributed by atoms with Crippen molar-refractivity contribution in [2.24, 2.45) is 13.0 Å². The first kappa shape index (κ1) is 16.5. The Balaban J connectivity index is 2.14. The van der Waals surface area contributed by atoms with Gasteiger partial charge in [0.05, 0.1) is 11.6 Å². The van der Waals surface area contributed by atoms with E-state index >= 15 is 0 Å². The van der Waals surface area contributed by atoms with Gasteiger partial charge in [0, 0.05) is 32.4 Å². The maximum absolute atomic E-state index is 12.2. The minimum atomic E-state index is -0.934. The van der Waals surface area contributed by atoms with Crippen molar-refractivity contribution in [3.05, 3.63) is 36.5 Å². The summed E-state index contributed by atoms with van der Waals surface area (Å²) >= 11 is 0. The summed E-state index contributed by atoms with van der Waals surface area (Å²) < 4.78 is 1.62. The van der Waals surface area contributed by atoms with Crippen LogP contribution in [-0.4, -0.2) is 45.4 Å². The number of benzene rings is 1. The van der Waals surface area contributed by atoms with E-state index in [1.807, 2.05) is 30.3 Å². The molecule has 0 bridgehead atoms. The molecule has 1 aromatic carbocycles. The molecule has 2 amide bonds. The first-order valence-corrected chi connectivity index (χ1v) is 7.22. The summed E-state index contributed by atoms with van der Waals surface area (Å²) in [6, 6.07) is 9.16. The number of nitrogens with zero attached hydrogens (tertiary/aromatic N) is 3. The van der Waals surface area contributed by atoms with E-state index in [9.17, 15) is 9.59 Å². The number of nitrogens with one attached hydrogen (secondary N) is 1. The number of carbonyl (C=O) groups is 2. The van der Waals surface area contributed by atoms with Crippen LogP contribution in [-0.2, 0) is 11.8 Å². The van der Waals surface area contributed by atoms with Gasteiger partial charge in [0.1, 0.15) is 5.69 Å². The SMILES string of the molecule is CC(CN(C)C(=O)Nc1cn(C)nc1-c1ccccc1)C(=O)O. The molecule has 0 radical (unpaired) electrons. The van der Waals surface area contributed by atoms with Gasteiger partial charge in [-0.05, 0) is 0 Å². The second kappa shape index (κ2) is 6.95. The lowest BCUT2D eigenvalue weighted by Crippen LogP contribution is -2.36. The Morgan fingerprint density at radius 1 is 1.35 bits per heavy atom. The van der Waals surface area contributed by atoms with Gasteiger partial charge in [-0.2, -0.15) is 5.10 Å². The topological polar surface area (TPSA) is 87.5 Å². The third kappa shape index (κ3) is 4.09. The highest BCUT2D eigenvalue weighted by Crippen LogP contribution is 2.26. The molecule has 0 saturated carbocycles. The van der Waals surface area contributed by atoms with E-state index in [2.05, 4.69) is 10.4 Å². The number of aromatic nitrogens is 2. The molecule has 0 aliphatic heterocycles. The second-order valence-corrected chi connectivity index (χ2v) is 5.48. The lowest BCUT2D eigenvalue weighted by Gasteiger charge is -2.19. The molecule has 7 nitrogen and oxygen atoms in total. The molecular weight excluding hydrogens is 296 g/mol. The molecule has 0 aliphatic rings. The van der Waals surface area contributed by atoms with Crippen molar-refractivity contribution in [1.29, 1.82) is 0 Å². The van der Waals surface area contributed by atoms with Crippen LogP contribution in [0.4, 0.5) is 10.5 Å². The van der Waals surface area contributed by atoms with Crippen LogP contribution in [0.2, 0.25) is 0 Å². The summed E-state index contributed by atoms with van der Waals surface area (Å²) in [6.07, 6.45) is 1.72. The Kier molecular flexibility index (Phi) is 5.00. The van der Waals surface area contributed by atoms with Gasteiger partial charge in [-0.3, -0.25) is 9.48 Å². The van der Waals surface area contributed by atoms with Crippen LogP contribution in [0.3, 0.4) is 0 Å². The molecule has 23 heavy (non-hydrogen) atoms. The molecule has 0 spiro atoms. The molecule has 0 fully saturated rings. The molecule has 1 unspecified atom stereocenters. The molecule has 0 aliphatic carbocycles. The number of urea groups is 1. The Bertz CT molecular complexity index is 697. The van der Waals surface area contributed by atoms with E-state index < -0.39 is 11.9 Å². The lowest BCUT2D eigenvalue weighted by molar-refractivity contribution is -0.141. The van der Waals surface area contributed by atoms with Gasteiger partial charge in [0.25, 0.3) is 0 Å². The predicted octanol–water partition coefficient (Wildman–Crippen LogP) is 2.27. The molecule has 7 heteroatoms. The average molecular weight is 316 g/mol.